The highest BCUT2D eigenvalue weighted by atomic mass is 16.5. The fourth-order valence-corrected chi connectivity index (χ4v) is 1.93. The van der Waals surface area contributed by atoms with E-state index >= 15 is 0 Å². The number of nitrogens with zero attached hydrogens (tertiary/aromatic N) is 1. The first kappa shape index (κ1) is 14.9. The highest BCUT2D eigenvalue weighted by molar-refractivity contribution is 5.98. The van der Waals surface area contributed by atoms with Crippen molar-refractivity contribution in [1.29, 1.82) is 0 Å². The van der Waals surface area contributed by atoms with E-state index in [1.165, 1.54) is 5.56 Å². The molecule has 0 aliphatic heterocycles. The number of anilines is 1. The van der Waals surface area contributed by atoms with Gasteiger partial charge in [-0.05, 0) is 31.2 Å². The second kappa shape index (κ2) is 6.79. The number of hydrogen-bond donors (Lipinski definition) is 1. The van der Waals surface area contributed by atoms with Crippen LogP contribution >= 0.6 is 0 Å². The van der Waals surface area contributed by atoms with Crippen molar-refractivity contribution in [2.45, 2.75) is 6.92 Å². The van der Waals surface area contributed by atoms with Crippen molar-refractivity contribution in [1.82, 2.24) is 4.90 Å². The average molecular weight is 284 g/mol. The lowest BCUT2D eigenvalue weighted by Crippen LogP contribution is -2.31. The molecule has 0 spiro atoms. The Labute approximate surface area is 125 Å². The maximum atomic E-state index is 12.2. The van der Waals surface area contributed by atoms with Crippen molar-refractivity contribution >= 4 is 11.6 Å². The molecule has 110 valence electrons. The van der Waals surface area contributed by atoms with Crippen LogP contribution in [0.5, 0.6) is 5.75 Å². The molecule has 0 radical (unpaired) electrons. The van der Waals surface area contributed by atoms with Crippen LogP contribution in [0, 0.1) is 6.92 Å². The largest absolute Gasteiger partial charge is 0.492 e. The molecule has 0 heterocycles. The molecule has 0 aliphatic rings. The molecule has 0 saturated carbocycles. The van der Waals surface area contributed by atoms with Gasteiger partial charge >= 0.3 is 0 Å². The van der Waals surface area contributed by atoms with Crippen molar-refractivity contribution in [3.8, 4) is 5.75 Å². The summed E-state index contributed by atoms with van der Waals surface area (Å²) in [6.07, 6.45) is 0. The van der Waals surface area contributed by atoms with E-state index in [4.69, 9.17) is 10.5 Å². The van der Waals surface area contributed by atoms with E-state index in [-0.39, 0.29) is 5.91 Å². The van der Waals surface area contributed by atoms with E-state index in [1.54, 1.807) is 30.1 Å². The number of ether oxygens (including phenoxy) is 1. The van der Waals surface area contributed by atoms with Gasteiger partial charge in [0.1, 0.15) is 12.4 Å². The van der Waals surface area contributed by atoms with Gasteiger partial charge < -0.3 is 15.4 Å². The molecule has 4 nitrogen and oxygen atoms in total. The number of hydrogen-bond acceptors (Lipinski definition) is 3. The molecule has 0 aromatic heterocycles. The second-order valence-electron chi connectivity index (χ2n) is 4.98. The first-order chi connectivity index (χ1) is 10.1. The summed E-state index contributed by atoms with van der Waals surface area (Å²) >= 11 is 0. The maximum Gasteiger partial charge on any atom is 0.255 e. The van der Waals surface area contributed by atoms with Crippen LogP contribution < -0.4 is 10.5 Å². The number of nitrogens with two attached hydrogens (primary N) is 1. The molecular formula is C17H20N2O2. The number of carbonyl (C=O) groups is 1. The minimum absolute atomic E-state index is 0.0967. The molecule has 2 rings (SSSR count). The van der Waals surface area contributed by atoms with Crippen LogP contribution in [0.15, 0.2) is 48.5 Å². The first-order valence-electron chi connectivity index (χ1n) is 6.87. The van der Waals surface area contributed by atoms with Crippen LogP contribution in [0.25, 0.3) is 0 Å². The molecule has 0 atom stereocenters. The number of aryl methyl sites for hydroxylation is 1. The van der Waals surface area contributed by atoms with E-state index < -0.39 is 0 Å². The fraction of sp³-hybridized carbons (Fsp3) is 0.235. The summed E-state index contributed by atoms with van der Waals surface area (Å²) in [6, 6.07) is 14.9. The van der Waals surface area contributed by atoms with Gasteiger partial charge in [-0.15, -0.1) is 0 Å². The van der Waals surface area contributed by atoms with Gasteiger partial charge in [0, 0.05) is 12.7 Å². The van der Waals surface area contributed by atoms with E-state index in [9.17, 15) is 4.79 Å². The number of nitrogen functional groups attached to an aromatic ring is 1. The first-order valence-corrected chi connectivity index (χ1v) is 6.87. The lowest BCUT2D eigenvalue weighted by molar-refractivity contribution is 0.0775. The zero-order valence-electron chi connectivity index (χ0n) is 12.4. The molecule has 0 bridgehead atoms. The number of likely N-dealkylation sites (N-methyl/N-ethyl adjacent to an activating group) is 1. The van der Waals surface area contributed by atoms with Crippen molar-refractivity contribution in [2.75, 3.05) is 25.9 Å². The molecular weight excluding hydrogens is 264 g/mol. The quantitative estimate of drug-likeness (QED) is 0.859. The molecule has 2 aromatic rings. The minimum atomic E-state index is -0.0967. The Kier molecular flexibility index (Phi) is 4.82. The standard InChI is InChI=1S/C17H20N2O2/c1-13-7-9-14(10-8-13)21-12-11-19(2)17(20)15-5-3-4-6-16(15)18/h3-10H,11-12,18H2,1-2H3. The molecule has 0 aliphatic carbocycles. The Hall–Kier alpha value is -2.49. The Morgan fingerprint density at radius 1 is 1.14 bits per heavy atom. The number of amides is 1. The third kappa shape index (κ3) is 3.99. The average Bonchev–Trinajstić information content (AvgIpc) is 2.49. The third-order valence-electron chi connectivity index (χ3n) is 3.25. The van der Waals surface area contributed by atoms with E-state index in [1.807, 2.05) is 37.3 Å². The van der Waals surface area contributed by atoms with Crippen LogP contribution in [0.1, 0.15) is 15.9 Å². The van der Waals surface area contributed by atoms with Crippen molar-refractivity contribution in [2.24, 2.45) is 0 Å². The van der Waals surface area contributed by atoms with E-state index in [0.29, 0.717) is 24.4 Å². The summed E-state index contributed by atoms with van der Waals surface area (Å²) in [5, 5.41) is 0. The molecule has 2 N–H and O–H groups in total. The second-order valence-corrected chi connectivity index (χ2v) is 4.98. The summed E-state index contributed by atoms with van der Waals surface area (Å²) in [6.45, 7) is 2.97. The summed E-state index contributed by atoms with van der Waals surface area (Å²) in [5.41, 5.74) is 8.02. The van der Waals surface area contributed by atoms with Gasteiger partial charge in [-0.3, -0.25) is 4.79 Å². The van der Waals surface area contributed by atoms with Gasteiger partial charge in [-0.2, -0.15) is 0 Å². The minimum Gasteiger partial charge on any atom is -0.492 e. The highest BCUT2D eigenvalue weighted by Crippen LogP contribution is 2.13. The zero-order chi connectivity index (χ0) is 15.2. The Bertz CT molecular complexity index is 608. The molecule has 0 fully saturated rings. The molecule has 21 heavy (non-hydrogen) atoms. The Morgan fingerprint density at radius 3 is 2.48 bits per heavy atom. The predicted octanol–water partition coefficient (Wildman–Crippen LogP) is 2.73. The molecule has 0 unspecified atom stereocenters. The SMILES string of the molecule is Cc1ccc(OCCN(C)C(=O)c2ccccc2N)cc1. The topological polar surface area (TPSA) is 55.6 Å². The lowest BCUT2D eigenvalue weighted by atomic mass is 10.1. The van der Waals surface area contributed by atoms with Crippen molar-refractivity contribution in [3.05, 3.63) is 59.7 Å². The number of benzene rings is 2. The van der Waals surface area contributed by atoms with Gasteiger partial charge in [0.15, 0.2) is 0 Å². The zero-order valence-corrected chi connectivity index (χ0v) is 12.4. The predicted molar refractivity (Wildman–Crippen MR) is 84.5 cm³/mol. The Balaban J connectivity index is 1.87. The summed E-state index contributed by atoms with van der Waals surface area (Å²) in [4.78, 5) is 13.9. The number of rotatable bonds is 5. The summed E-state index contributed by atoms with van der Waals surface area (Å²) in [7, 11) is 1.74. The van der Waals surface area contributed by atoms with Crippen LogP contribution in [-0.4, -0.2) is 31.0 Å². The van der Waals surface area contributed by atoms with Gasteiger partial charge in [-0.25, -0.2) is 0 Å². The smallest absolute Gasteiger partial charge is 0.255 e. The summed E-state index contributed by atoms with van der Waals surface area (Å²) < 4.78 is 5.62. The van der Waals surface area contributed by atoms with Crippen LogP contribution in [0.2, 0.25) is 0 Å². The van der Waals surface area contributed by atoms with E-state index in [0.717, 1.165) is 5.75 Å². The van der Waals surface area contributed by atoms with Gasteiger partial charge in [0.25, 0.3) is 5.91 Å². The summed E-state index contributed by atoms with van der Waals surface area (Å²) in [5.74, 6) is 0.710. The van der Waals surface area contributed by atoms with Crippen LogP contribution in [0.4, 0.5) is 5.69 Å². The molecule has 2 aromatic carbocycles. The van der Waals surface area contributed by atoms with Crippen LogP contribution in [-0.2, 0) is 0 Å². The number of para-hydroxylation sites is 1. The normalized spacial score (nSPS) is 10.2. The van der Waals surface area contributed by atoms with Crippen molar-refractivity contribution in [3.63, 3.8) is 0 Å². The monoisotopic (exact) mass is 284 g/mol. The molecule has 0 saturated heterocycles. The molecule has 4 heteroatoms. The number of carbonyl (C=O) groups excluding carboxylic acids is 1. The maximum absolute atomic E-state index is 12.2. The van der Waals surface area contributed by atoms with Crippen LogP contribution in [0.3, 0.4) is 0 Å². The van der Waals surface area contributed by atoms with Gasteiger partial charge in [0.05, 0.1) is 12.1 Å². The van der Waals surface area contributed by atoms with Crippen molar-refractivity contribution < 1.29 is 9.53 Å². The van der Waals surface area contributed by atoms with Gasteiger partial charge in [0.2, 0.25) is 0 Å². The third-order valence-corrected chi connectivity index (χ3v) is 3.25. The van der Waals surface area contributed by atoms with E-state index in [2.05, 4.69) is 0 Å². The molecule has 1 amide bonds. The highest BCUT2D eigenvalue weighted by Gasteiger charge is 2.13. The Morgan fingerprint density at radius 2 is 1.81 bits per heavy atom. The lowest BCUT2D eigenvalue weighted by Gasteiger charge is -2.18. The van der Waals surface area contributed by atoms with Gasteiger partial charge in [-0.1, -0.05) is 29.8 Å². The fourth-order valence-electron chi connectivity index (χ4n) is 1.93.